The number of fused-ring (bicyclic) bond motifs is 3. The number of halogens is 1. The van der Waals surface area contributed by atoms with Crippen molar-refractivity contribution in [2.75, 3.05) is 0 Å². The van der Waals surface area contributed by atoms with Crippen molar-refractivity contribution in [1.29, 1.82) is 0 Å². The molecular formula is C21H16ClN3O3. The Morgan fingerprint density at radius 1 is 1.18 bits per heavy atom. The summed E-state index contributed by atoms with van der Waals surface area (Å²) in [4.78, 5) is 24.1. The number of carbonyl (C=O) groups is 2. The third kappa shape index (κ3) is 3.18. The molecule has 0 unspecified atom stereocenters. The van der Waals surface area contributed by atoms with Crippen LogP contribution in [0.2, 0.25) is 5.02 Å². The molecule has 7 heteroatoms. The summed E-state index contributed by atoms with van der Waals surface area (Å²) in [5, 5.41) is 4.61. The molecule has 1 amide bonds. The van der Waals surface area contributed by atoms with E-state index in [9.17, 15) is 9.59 Å². The summed E-state index contributed by atoms with van der Waals surface area (Å²) in [5.74, 6) is 0.475. The van der Waals surface area contributed by atoms with E-state index in [-0.39, 0.29) is 29.3 Å². The molecule has 0 spiro atoms. The molecule has 0 bridgehead atoms. The number of primary amides is 1. The molecule has 1 aliphatic heterocycles. The zero-order valence-corrected chi connectivity index (χ0v) is 15.6. The Bertz CT molecular complexity index is 1130. The van der Waals surface area contributed by atoms with Crippen LogP contribution in [0.25, 0.3) is 17.0 Å². The third-order valence-corrected chi connectivity index (χ3v) is 4.87. The average Bonchev–Trinajstić information content (AvgIpc) is 3.07. The Balaban J connectivity index is 1.60. The second-order valence-electron chi connectivity index (χ2n) is 6.48. The lowest BCUT2D eigenvalue weighted by Gasteiger charge is -2.20. The first-order chi connectivity index (χ1) is 13.4. The van der Waals surface area contributed by atoms with E-state index in [0.29, 0.717) is 17.1 Å². The number of hydrogen-bond donors (Lipinski definition) is 1. The van der Waals surface area contributed by atoms with E-state index in [1.807, 2.05) is 24.3 Å². The fourth-order valence-electron chi connectivity index (χ4n) is 3.25. The quantitative estimate of drug-likeness (QED) is 0.718. The van der Waals surface area contributed by atoms with Crippen LogP contribution < -0.4 is 10.5 Å². The number of Topliss-reactive ketones (excluding diaryl/α,β-unsaturated/α-hetero) is 1. The number of amides is 1. The molecule has 0 atom stereocenters. The number of ether oxygens (including phenoxy) is 1. The topological polar surface area (TPSA) is 87.2 Å². The van der Waals surface area contributed by atoms with Crippen LogP contribution in [0.3, 0.4) is 0 Å². The highest BCUT2D eigenvalue weighted by molar-refractivity contribution is 6.33. The molecular weight excluding hydrogens is 378 g/mol. The molecule has 4 rings (SSSR count). The summed E-state index contributed by atoms with van der Waals surface area (Å²) in [6.07, 6.45) is 1.78. The molecule has 0 saturated carbocycles. The number of aromatic nitrogens is 2. The van der Waals surface area contributed by atoms with Gasteiger partial charge in [-0.3, -0.25) is 14.3 Å². The molecule has 3 aromatic rings. The number of nitrogens with two attached hydrogens (primary N) is 1. The van der Waals surface area contributed by atoms with Gasteiger partial charge in [0.15, 0.2) is 5.78 Å². The van der Waals surface area contributed by atoms with E-state index in [1.165, 1.54) is 0 Å². The third-order valence-electron chi connectivity index (χ3n) is 4.54. The van der Waals surface area contributed by atoms with Gasteiger partial charge in [0.1, 0.15) is 18.1 Å². The van der Waals surface area contributed by atoms with Crippen LogP contribution in [0.4, 0.5) is 0 Å². The fourth-order valence-corrected chi connectivity index (χ4v) is 3.46. The minimum absolute atomic E-state index is 0.0711. The second kappa shape index (κ2) is 6.98. The number of benzene rings is 2. The number of ketones is 1. The van der Waals surface area contributed by atoms with Crippen molar-refractivity contribution in [3.63, 3.8) is 0 Å². The smallest absolute Gasteiger partial charge is 0.250 e. The van der Waals surface area contributed by atoms with Gasteiger partial charge in [0.05, 0.1) is 28.0 Å². The molecule has 0 radical (unpaired) electrons. The second-order valence-corrected chi connectivity index (χ2v) is 6.89. The predicted molar refractivity (Wildman–Crippen MR) is 106 cm³/mol. The van der Waals surface area contributed by atoms with Gasteiger partial charge in [-0.25, -0.2) is 0 Å². The van der Waals surface area contributed by atoms with Crippen LogP contribution in [-0.2, 0) is 17.8 Å². The Morgan fingerprint density at radius 3 is 2.75 bits per heavy atom. The maximum absolute atomic E-state index is 12.7. The summed E-state index contributed by atoms with van der Waals surface area (Å²) in [5.41, 5.74) is 8.60. The summed E-state index contributed by atoms with van der Waals surface area (Å²) in [6.45, 7) is 4.01. The monoisotopic (exact) mass is 393 g/mol. The van der Waals surface area contributed by atoms with Crippen molar-refractivity contribution >= 4 is 29.1 Å². The van der Waals surface area contributed by atoms with Crippen molar-refractivity contribution < 1.29 is 14.3 Å². The van der Waals surface area contributed by atoms with Crippen LogP contribution in [0.1, 0.15) is 21.5 Å². The van der Waals surface area contributed by atoms with Crippen molar-refractivity contribution in [2.45, 2.75) is 13.0 Å². The lowest BCUT2D eigenvalue weighted by molar-refractivity contribution is -0.119. The molecule has 1 aliphatic rings. The average molecular weight is 394 g/mol. The molecule has 140 valence electrons. The van der Waals surface area contributed by atoms with Gasteiger partial charge in [-0.2, -0.15) is 5.10 Å². The van der Waals surface area contributed by atoms with Crippen LogP contribution in [0.15, 0.2) is 55.2 Å². The minimum atomic E-state index is -0.629. The summed E-state index contributed by atoms with van der Waals surface area (Å²) >= 11 is 5.96. The first-order valence-electron chi connectivity index (χ1n) is 8.56. The van der Waals surface area contributed by atoms with Crippen LogP contribution in [0.5, 0.6) is 5.75 Å². The van der Waals surface area contributed by atoms with Crippen molar-refractivity contribution in [1.82, 2.24) is 9.78 Å². The van der Waals surface area contributed by atoms with Crippen LogP contribution >= 0.6 is 11.6 Å². The van der Waals surface area contributed by atoms with E-state index in [0.717, 1.165) is 16.8 Å². The van der Waals surface area contributed by atoms with Gasteiger partial charge in [0.25, 0.3) is 0 Å². The van der Waals surface area contributed by atoms with Gasteiger partial charge in [0, 0.05) is 12.0 Å². The first-order valence-corrected chi connectivity index (χ1v) is 8.94. The van der Waals surface area contributed by atoms with Gasteiger partial charge in [-0.1, -0.05) is 36.4 Å². The van der Waals surface area contributed by atoms with Gasteiger partial charge in [-0.15, -0.1) is 0 Å². The molecule has 6 nitrogen and oxygen atoms in total. The Morgan fingerprint density at radius 2 is 1.96 bits per heavy atom. The normalized spacial score (nSPS) is 12.1. The predicted octanol–water partition coefficient (Wildman–Crippen LogP) is 3.48. The summed E-state index contributed by atoms with van der Waals surface area (Å²) in [7, 11) is 0. The van der Waals surface area contributed by atoms with Gasteiger partial charge < -0.3 is 10.5 Å². The number of hydrogen-bond acceptors (Lipinski definition) is 4. The standard InChI is InChI=1S/C21H16ClN3O3/c1-12-17-10-24-25(20(17)15-4-2-3-5-19(15)28-12)11-14(26)8-13-6-7-18(22)16(9-13)21(23)27/h2-7,9-10H,1,8,11H2,(H2,23,27). The van der Waals surface area contributed by atoms with Crippen molar-refractivity contribution in [3.8, 4) is 17.0 Å². The summed E-state index contributed by atoms with van der Waals surface area (Å²) in [6, 6.07) is 12.4. The molecule has 2 aromatic carbocycles. The number of rotatable bonds is 5. The lowest BCUT2D eigenvalue weighted by atomic mass is 10.0. The van der Waals surface area contributed by atoms with Crippen LogP contribution in [0, 0.1) is 0 Å². The maximum Gasteiger partial charge on any atom is 0.250 e. The van der Waals surface area contributed by atoms with Crippen LogP contribution in [-0.4, -0.2) is 21.5 Å². The number of nitrogens with zero attached hydrogens (tertiary/aromatic N) is 2. The molecule has 0 fully saturated rings. The van der Waals surface area contributed by atoms with Gasteiger partial charge in [-0.05, 0) is 29.8 Å². The highest BCUT2D eigenvalue weighted by Gasteiger charge is 2.25. The SMILES string of the molecule is C=C1Oc2ccccc2-c2c1cnn2CC(=O)Cc1ccc(Cl)c(C(N)=O)c1. The highest BCUT2D eigenvalue weighted by Crippen LogP contribution is 2.41. The minimum Gasteiger partial charge on any atom is -0.457 e. The molecule has 2 N–H and O–H groups in total. The molecule has 0 aliphatic carbocycles. The fraction of sp³-hybridized carbons (Fsp3) is 0.0952. The Hall–Kier alpha value is -3.38. The first kappa shape index (κ1) is 18.0. The Kier molecular flexibility index (Phi) is 4.49. The molecule has 28 heavy (non-hydrogen) atoms. The zero-order valence-electron chi connectivity index (χ0n) is 14.8. The molecule has 2 heterocycles. The van der Waals surface area contributed by atoms with E-state index < -0.39 is 5.91 Å². The highest BCUT2D eigenvalue weighted by atomic mass is 35.5. The van der Waals surface area contributed by atoms with E-state index in [1.54, 1.807) is 29.1 Å². The molecule has 0 saturated heterocycles. The summed E-state index contributed by atoms with van der Waals surface area (Å²) < 4.78 is 7.38. The number of para-hydroxylation sites is 1. The Labute approximate surface area is 166 Å². The van der Waals surface area contributed by atoms with E-state index >= 15 is 0 Å². The largest absolute Gasteiger partial charge is 0.457 e. The van der Waals surface area contributed by atoms with E-state index in [4.69, 9.17) is 22.1 Å². The zero-order chi connectivity index (χ0) is 19.8. The van der Waals surface area contributed by atoms with Gasteiger partial charge >= 0.3 is 0 Å². The lowest BCUT2D eigenvalue weighted by Crippen LogP contribution is -2.17. The maximum atomic E-state index is 12.7. The van der Waals surface area contributed by atoms with Gasteiger partial charge in [0.2, 0.25) is 5.91 Å². The van der Waals surface area contributed by atoms with Crippen molar-refractivity contribution in [3.05, 3.63) is 77.0 Å². The molecule has 1 aromatic heterocycles. The van der Waals surface area contributed by atoms with Crippen molar-refractivity contribution in [2.24, 2.45) is 5.73 Å². The van der Waals surface area contributed by atoms with E-state index in [2.05, 4.69) is 11.7 Å². The number of carbonyl (C=O) groups excluding carboxylic acids is 2.